The van der Waals surface area contributed by atoms with Crippen LogP contribution >= 0.6 is 27.7 Å². The van der Waals surface area contributed by atoms with Gasteiger partial charge in [-0.2, -0.15) is 0 Å². The molecule has 9 nitrogen and oxygen atoms in total. The number of carbonyl (C=O) groups is 2. The number of thioether (sulfide) groups is 1. The number of hydrogen-bond donors (Lipinski definition) is 1. The lowest BCUT2D eigenvalue weighted by Crippen LogP contribution is -2.23. The number of furan rings is 1. The predicted octanol–water partition coefficient (Wildman–Crippen LogP) is 5.55. The van der Waals surface area contributed by atoms with Gasteiger partial charge in [-0.3, -0.25) is 19.8 Å². The highest BCUT2D eigenvalue weighted by atomic mass is 79.9. The van der Waals surface area contributed by atoms with E-state index in [1.54, 1.807) is 43.5 Å². The third kappa shape index (κ3) is 4.73. The van der Waals surface area contributed by atoms with Crippen LogP contribution < -0.4 is 0 Å². The van der Waals surface area contributed by atoms with Crippen LogP contribution in [0.5, 0.6) is 0 Å². The molecule has 1 aliphatic heterocycles. The van der Waals surface area contributed by atoms with E-state index in [0.29, 0.717) is 37.3 Å². The van der Waals surface area contributed by atoms with Crippen LogP contribution in [0.15, 0.2) is 73.4 Å². The quantitative estimate of drug-likeness (QED) is 0.261. The summed E-state index contributed by atoms with van der Waals surface area (Å²) >= 11 is 4.46. The van der Waals surface area contributed by atoms with Gasteiger partial charge in [0.25, 0.3) is 11.6 Å². The number of nitrogens with zero attached hydrogens (tertiary/aromatic N) is 3. The van der Waals surface area contributed by atoms with Crippen molar-refractivity contribution in [2.75, 3.05) is 7.05 Å². The molecule has 1 aromatic heterocycles. The fraction of sp³-hybridized carbons (Fsp3) is 0.0455. The molecule has 0 saturated carbocycles. The molecule has 2 heterocycles. The fourth-order valence-electron chi connectivity index (χ4n) is 2.99. The predicted molar refractivity (Wildman–Crippen MR) is 127 cm³/mol. The maximum atomic E-state index is 12.7. The molecular weight excluding hydrogens is 514 g/mol. The van der Waals surface area contributed by atoms with Crippen LogP contribution in [0.2, 0.25) is 0 Å². The van der Waals surface area contributed by atoms with Crippen LogP contribution in [-0.2, 0) is 4.79 Å². The molecule has 166 valence electrons. The summed E-state index contributed by atoms with van der Waals surface area (Å²) in [7, 11) is 1.58. The van der Waals surface area contributed by atoms with Crippen molar-refractivity contribution in [1.29, 1.82) is 0 Å². The minimum atomic E-state index is -1.06. The maximum Gasteiger partial charge on any atom is 0.335 e. The molecule has 1 aliphatic rings. The van der Waals surface area contributed by atoms with E-state index in [2.05, 4.69) is 20.9 Å². The van der Waals surface area contributed by atoms with E-state index in [0.717, 1.165) is 11.8 Å². The number of rotatable bonds is 5. The van der Waals surface area contributed by atoms with Crippen molar-refractivity contribution in [3.05, 3.63) is 85.4 Å². The van der Waals surface area contributed by atoms with Crippen molar-refractivity contribution in [3.63, 3.8) is 0 Å². The maximum absolute atomic E-state index is 12.7. The Morgan fingerprint density at radius 2 is 2.03 bits per heavy atom. The Balaban J connectivity index is 1.59. The minimum Gasteiger partial charge on any atom is -0.478 e. The fourth-order valence-corrected chi connectivity index (χ4v) is 4.52. The molecule has 11 heteroatoms. The molecule has 0 unspecified atom stereocenters. The van der Waals surface area contributed by atoms with Gasteiger partial charge in [0.2, 0.25) is 0 Å². The summed E-state index contributed by atoms with van der Waals surface area (Å²) in [6.07, 6.45) is 1.59. The van der Waals surface area contributed by atoms with Crippen LogP contribution in [0, 0.1) is 10.1 Å². The molecule has 0 spiro atoms. The Labute approximate surface area is 199 Å². The molecular formula is C22H14BrN3O6S. The van der Waals surface area contributed by atoms with Gasteiger partial charge in [-0.1, -0.05) is 6.07 Å². The second-order valence-electron chi connectivity index (χ2n) is 6.85. The number of carboxylic acid groups (broad SMARTS) is 1. The number of nitro benzene ring substituents is 1. The van der Waals surface area contributed by atoms with E-state index in [9.17, 15) is 19.7 Å². The SMILES string of the molecule is CN1C(=O)/C(=C/c2ccc(-c3ccc([N+](=O)[O-])cc3Br)o2)SC1=Nc1cccc(C(=O)O)c1. The molecule has 3 aromatic rings. The molecule has 0 atom stereocenters. The molecule has 0 bridgehead atoms. The zero-order valence-electron chi connectivity index (χ0n) is 16.9. The number of non-ortho nitro benzene ring substituents is 1. The van der Waals surface area contributed by atoms with Gasteiger partial charge in [0.1, 0.15) is 11.5 Å². The molecule has 1 fully saturated rings. The molecule has 1 N–H and O–H groups in total. The van der Waals surface area contributed by atoms with E-state index in [1.165, 1.54) is 29.2 Å². The summed E-state index contributed by atoms with van der Waals surface area (Å²) in [5, 5.41) is 20.5. The molecule has 4 rings (SSSR count). The lowest BCUT2D eigenvalue weighted by atomic mass is 10.1. The summed E-state index contributed by atoms with van der Waals surface area (Å²) in [5.41, 5.74) is 1.11. The van der Waals surface area contributed by atoms with E-state index in [1.807, 2.05) is 0 Å². The van der Waals surface area contributed by atoms with Crippen LogP contribution in [0.25, 0.3) is 17.4 Å². The summed E-state index contributed by atoms with van der Waals surface area (Å²) in [6.45, 7) is 0. The third-order valence-electron chi connectivity index (χ3n) is 4.65. The second kappa shape index (κ2) is 9.04. The number of amidine groups is 1. The van der Waals surface area contributed by atoms with Crippen molar-refractivity contribution >= 4 is 62.2 Å². The van der Waals surface area contributed by atoms with Gasteiger partial charge < -0.3 is 9.52 Å². The van der Waals surface area contributed by atoms with Gasteiger partial charge in [-0.15, -0.1) is 0 Å². The number of nitro groups is 1. The Hall–Kier alpha value is -3.70. The Bertz CT molecular complexity index is 1360. The summed E-state index contributed by atoms with van der Waals surface area (Å²) in [4.78, 5) is 40.4. The Morgan fingerprint density at radius 1 is 1.24 bits per heavy atom. The van der Waals surface area contributed by atoms with Crippen molar-refractivity contribution in [2.24, 2.45) is 4.99 Å². The van der Waals surface area contributed by atoms with Gasteiger partial charge >= 0.3 is 5.97 Å². The summed E-state index contributed by atoms with van der Waals surface area (Å²) in [5.74, 6) is -0.433. The largest absolute Gasteiger partial charge is 0.478 e. The van der Waals surface area contributed by atoms with E-state index in [-0.39, 0.29) is 17.2 Å². The average molecular weight is 528 g/mol. The number of carbonyl (C=O) groups excluding carboxylic acids is 1. The highest BCUT2D eigenvalue weighted by Gasteiger charge is 2.30. The number of hydrogen-bond acceptors (Lipinski definition) is 7. The Kier molecular flexibility index (Phi) is 6.16. The van der Waals surface area contributed by atoms with Gasteiger partial charge in [0.15, 0.2) is 5.17 Å². The number of halogens is 1. The number of aromatic carboxylic acids is 1. The average Bonchev–Trinajstić information content (AvgIpc) is 3.34. The molecule has 33 heavy (non-hydrogen) atoms. The topological polar surface area (TPSA) is 126 Å². The highest BCUT2D eigenvalue weighted by molar-refractivity contribution is 9.10. The number of likely N-dealkylation sites (N-methyl/N-ethyl adjacent to an activating group) is 1. The zero-order valence-corrected chi connectivity index (χ0v) is 19.3. The number of benzene rings is 2. The van der Waals surface area contributed by atoms with Crippen molar-refractivity contribution < 1.29 is 24.0 Å². The Morgan fingerprint density at radius 3 is 2.73 bits per heavy atom. The van der Waals surface area contributed by atoms with Crippen molar-refractivity contribution in [1.82, 2.24) is 4.90 Å². The molecule has 0 radical (unpaired) electrons. The standard InChI is InChI=1S/C22H14BrN3O6S/c1-25-20(27)19(33-22(25)24-13-4-2-3-12(9-13)21(28)29)11-15-6-8-18(32-15)16-7-5-14(26(30)31)10-17(16)23/h2-11H,1H3,(H,28,29)/b19-11-,24-22?. The minimum absolute atomic E-state index is 0.0452. The van der Waals surface area contributed by atoms with E-state index < -0.39 is 10.9 Å². The van der Waals surface area contributed by atoms with Gasteiger partial charge in [-0.05, 0) is 64.1 Å². The molecule has 2 aromatic carbocycles. The summed E-state index contributed by atoms with van der Waals surface area (Å²) in [6, 6.07) is 13.9. The van der Waals surface area contributed by atoms with Crippen LogP contribution in [0.3, 0.4) is 0 Å². The van der Waals surface area contributed by atoms with Crippen LogP contribution in [-0.4, -0.2) is 39.0 Å². The van der Waals surface area contributed by atoms with E-state index in [4.69, 9.17) is 9.52 Å². The van der Waals surface area contributed by atoms with Crippen molar-refractivity contribution in [3.8, 4) is 11.3 Å². The second-order valence-corrected chi connectivity index (χ2v) is 8.71. The van der Waals surface area contributed by atoms with Gasteiger partial charge in [0.05, 0.1) is 21.1 Å². The first-order valence-electron chi connectivity index (χ1n) is 9.37. The highest BCUT2D eigenvalue weighted by Crippen LogP contribution is 2.36. The molecule has 1 saturated heterocycles. The molecule has 1 amide bonds. The van der Waals surface area contributed by atoms with Crippen LogP contribution in [0.1, 0.15) is 16.1 Å². The molecule has 0 aliphatic carbocycles. The first-order chi connectivity index (χ1) is 15.7. The van der Waals surface area contributed by atoms with E-state index >= 15 is 0 Å². The lowest BCUT2D eigenvalue weighted by molar-refractivity contribution is -0.384. The number of amides is 1. The monoisotopic (exact) mass is 527 g/mol. The zero-order chi connectivity index (χ0) is 23.7. The van der Waals surface area contributed by atoms with Crippen LogP contribution in [0.4, 0.5) is 11.4 Å². The van der Waals surface area contributed by atoms with Gasteiger partial charge in [0, 0.05) is 35.3 Å². The summed E-state index contributed by atoms with van der Waals surface area (Å²) < 4.78 is 6.34. The number of carboxylic acids is 1. The first-order valence-corrected chi connectivity index (χ1v) is 11.0. The normalized spacial score (nSPS) is 16.1. The lowest BCUT2D eigenvalue weighted by Gasteiger charge is -2.07. The van der Waals surface area contributed by atoms with Crippen molar-refractivity contribution in [2.45, 2.75) is 0 Å². The number of aliphatic imine (C=N–C) groups is 1. The third-order valence-corrected chi connectivity index (χ3v) is 6.37. The van der Waals surface area contributed by atoms with Gasteiger partial charge in [-0.25, -0.2) is 9.79 Å². The smallest absolute Gasteiger partial charge is 0.335 e. The first kappa shape index (κ1) is 22.5.